The van der Waals surface area contributed by atoms with E-state index in [-0.39, 0.29) is 23.1 Å². The molecule has 0 fully saturated rings. The van der Waals surface area contributed by atoms with Gasteiger partial charge in [0, 0.05) is 12.6 Å². The number of anilines is 1. The van der Waals surface area contributed by atoms with Crippen LogP contribution in [-0.2, 0) is 14.8 Å². The van der Waals surface area contributed by atoms with Crippen LogP contribution in [0, 0.1) is 13.8 Å². The van der Waals surface area contributed by atoms with Crippen molar-refractivity contribution in [2.75, 3.05) is 31.6 Å². The maximum atomic E-state index is 13.8. The zero-order valence-electron chi connectivity index (χ0n) is 20.7. The first kappa shape index (κ1) is 26.1. The molecule has 186 valence electrons. The number of carbonyl (C=O) groups is 1. The van der Waals surface area contributed by atoms with Crippen molar-refractivity contribution < 1.29 is 22.7 Å². The Morgan fingerprint density at radius 3 is 2.14 bits per heavy atom. The van der Waals surface area contributed by atoms with E-state index in [1.807, 2.05) is 57.2 Å². The summed E-state index contributed by atoms with van der Waals surface area (Å²) in [5.74, 6) is 0.389. The summed E-state index contributed by atoms with van der Waals surface area (Å²) in [7, 11) is -1.17. The van der Waals surface area contributed by atoms with Crippen LogP contribution in [0.4, 0.5) is 5.69 Å². The SMILES string of the molecule is COc1ccc(S(=O)(=O)N(CC(=O)NC[C@H](C)c2ccccc2)c2cc(C)cc(C)c2)cc1OC. The maximum Gasteiger partial charge on any atom is 0.264 e. The van der Waals surface area contributed by atoms with Crippen LogP contribution in [0.3, 0.4) is 0 Å². The van der Waals surface area contributed by atoms with E-state index in [2.05, 4.69) is 5.32 Å². The highest BCUT2D eigenvalue weighted by Crippen LogP contribution is 2.32. The molecule has 1 N–H and O–H groups in total. The smallest absolute Gasteiger partial charge is 0.264 e. The van der Waals surface area contributed by atoms with Crippen LogP contribution < -0.4 is 19.1 Å². The predicted molar refractivity (Wildman–Crippen MR) is 138 cm³/mol. The number of rotatable bonds is 10. The van der Waals surface area contributed by atoms with Crippen molar-refractivity contribution in [1.29, 1.82) is 0 Å². The van der Waals surface area contributed by atoms with Crippen molar-refractivity contribution in [3.8, 4) is 11.5 Å². The molecule has 7 nitrogen and oxygen atoms in total. The molecule has 0 saturated heterocycles. The second kappa shape index (κ2) is 11.3. The normalized spacial score (nSPS) is 12.0. The summed E-state index contributed by atoms with van der Waals surface area (Å²) in [6, 6.07) is 19.7. The summed E-state index contributed by atoms with van der Waals surface area (Å²) < 4.78 is 39.2. The van der Waals surface area contributed by atoms with Crippen molar-refractivity contribution in [2.24, 2.45) is 0 Å². The molecule has 0 unspecified atom stereocenters. The number of sulfonamides is 1. The van der Waals surface area contributed by atoms with E-state index in [1.54, 1.807) is 12.1 Å². The first-order valence-corrected chi connectivity index (χ1v) is 12.7. The lowest BCUT2D eigenvalue weighted by Crippen LogP contribution is -2.41. The molecule has 8 heteroatoms. The first-order chi connectivity index (χ1) is 16.6. The van der Waals surface area contributed by atoms with Crippen molar-refractivity contribution in [3.63, 3.8) is 0 Å². The zero-order chi connectivity index (χ0) is 25.6. The average Bonchev–Trinajstić information content (AvgIpc) is 2.85. The molecule has 3 aromatic rings. The van der Waals surface area contributed by atoms with Gasteiger partial charge in [-0.05, 0) is 60.7 Å². The van der Waals surface area contributed by atoms with E-state index in [9.17, 15) is 13.2 Å². The van der Waals surface area contributed by atoms with Crippen molar-refractivity contribution in [1.82, 2.24) is 5.32 Å². The lowest BCUT2D eigenvalue weighted by molar-refractivity contribution is -0.119. The minimum Gasteiger partial charge on any atom is -0.493 e. The van der Waals surface area contributed by atoms with Gasteiger partial charge in [-0.2, -0.15) is 0 Å². The molecule has 0 bridgehead atoms. The van der Waals surface area contributed by atoms with Gasteiger partial charge in [0.1, 0.15) is 6.54 Å². The highest BCUT2D eigenvalue weighted by atomic mass is 32.2. The second-order valence-corrected chi connectivity index (χ2v) is 10.4. The molecule has 0 aliphatic rings. The van der Waals surface area contributed by atoms with Gasteiger partial charge in [0.05, 0.1) is 24.8 Å². The molecule has 0 aliphatic carbocycles. The van der Waals surface area contributed by atoms with Gasteiger partial charge < -0.3 is 14.8 Å². The monoisotopic (exact) mass is 496 g/mol. The van der Waals surface area contributed by atoms with Gasteiger partial charge >= 0.3 is 0 Å². The summed E-state index contributed by atoms with van der Waals surface area (Å²) >= 11 is 0. The van der Waals surface area contributed by atoms with Gasteiger partial charge in [-0.25, -0.2) is 8.42 Å². The van der Waals surface area contributed by atoms with Gasteiger partial charge in [-0.3, -0.25) is 9.10 Å². The number of aryl methyl sites for hydroxylation is 2. The fourth-order valence-corrected chi connectivity index (χ4v) is 5.29. The minimum absolute atomic E-state index is 0.000220. The molecule has 3 rings (SSSR count). The Balaban J connectivity index is 1.91. The highest BCUT2D eigenvalue weighted by molar-refractivity contribution is 7.92. The van der Waals surface area contributed by atoms with Crippen LogP contribution in [0.15, 0.2) is 71.6 Å². The molecule has 1 atom stereocenters. The topological polar surface area (TPSA) is 84.9 Å². The lowest BCUT2D eigenvalue weighted by Gasteiger charge is -2.25. The van der Waals surface area contributed by atoms with Gasteiger partial charge in [0.15, 0.2) is 11.5 Å². The second-order valence-electron chi connectivity index (χ2n) is 8.49. The minimum atomic E-state index is -4.09. The Morgan fingerprint density at radius 2 is 1.54 bits per heavy atom. The Kier molecular flexibility index (Phi) is 8.40. The fourth-order valence-electron chi connectivity index (χ4n) is 3.87. The summed E-state index contributed by atoms with van der Waals surface area (Å²) in [6.45, 7) is 5.82. The molecule has 0 aliphatic heterocycles. The van der Waals surface area contributed by atoms with Gasteiger partial charge in [0.2, 0.25) is 5.91 Å². The molecule has 0 saturated carbocycles. The molecule has 0 spiro atoms. The predicted octanol–water partition coefficient (Wildman–Crippen LogP) is 4.44. The van der Waals surface area contributed by atoms with E-state index in [0.717, 1.165) is 21.0 Å². The summed E-state index contributed by atoms with van der Waals surface area (Å²) in [5.41, 5.74) is 3.30. The number of ether oxygens (including phenoxy) is 2. The van der Waals surface area contributed by atoms with Crippen molar-refractivity contribution >= 4 is 21.6 Å². The number of carbonyl (C=O) groups excluding carboxylic acids is 1. The van der Waals surface area contributed by atoms with Crippen LogP contribution in [0.2, 0.25) is 0 Å². The zero-order valence-corrected chi connectivity index (χ0v) is 21.6. The van der Waals surface area contributed by atoms with Crippen molar-refractivity contribution in [3.05, 3.63) is 83.4 Å². The molecule has 0 radical (unpaired) electrons. The Morgan fingerprint density at radius 1 is 0.914 bits per heavy atom. The first-order valence-electron chi connectivity index (χ1n) is 11.3. The molecule has 0 heterocycles. The third-order valence-electron chi connectivity index (χ3n) is 5.70. The molecular formula is C27H32N2O5S. The number of nitrogens with zero attached hydrogens (tertiary/aromatic N) is 1. The summed E-state index contributed by atoms with van der Waals surface area (Å²) in [6.07, 6.45) is 0. The number of hydrogen-bond acceptors (Lipinski definition) is 5. The van der Waals surface area contributed by atoms with Crippen LogP contribution in [0.1, 0.15) is 29.5 Å². The molecular weight excluding hydrogens is 464 g/mol. The molecule has 35 heavy (non-hydrogen) atoms. The van der Waals surface area contributed by atoms with Crippen LogP contribution >= 0.6 is 0 Å². The number of nitrogens with one attached hydrogen (secondary N) is 1. The lowest BCUT2D eigenvalue weighted by atomic mass is 10.0. The number of benzene rings is 3. The number of amides is 1. The number of hydrogen-bond donors (Lipinski definition) is 1. The number of methoxy groups -OCH3 is 2. The average molecular weight is 497 g/mol. The molecule has 0 aromatic heterocycles. The Labute approximate surface area is 207 Å². The van der Waals surface area contributed by atoms with E-state index in [0.29, 0.717) is 18.0 Å². The van der Waals surface area contributed by atoms with Gasteiger partial charge in [-0.1, -0.05) is 43.3 Å². The highest BCUT2D eigenvalue weighted by Gasteiger charge is 2.29. The quantitative estimate of drug-likeness (QED) is 0.449. The largest absolute Gasteiger partial charge is 0.493 e. The van der Waals surface area contributed by atoms with Gasteiger partial charge in [-0.15, -0.1) is 0 Å². The van der Waals surface area contributed by atoms with E-state index in [4.69, 9.17) is 9.47 Å². The van der Waals surface area contributed by atoms with Crippen LogP contribution in [0.5, 0.6) is 11.5 Å². The standard InChI is InChI=1S/C27H32N2O5S/c1-19-13-20(2)15-23(14-19)29(18-27(30)28-17-21(3)22-9-7-6-8-10-22)35(31,32)24-11-12-25(33-4)26(16-24)34-5/h6-16,21H,17-18H2,1-5H3,(H,28,30)/t21-/m0/s1. The van der Waals surface area contributed by atoms with E-state index in [1.165, 1.54) is 32.4 Å². The summed E-state index contributed by atoms with van der Waals surface area (Å²) in [5, 5.41) is 2.88. The van der Waals surface area contributed by atoms with E-state index >= 15 is 0 Å². The van der Waals surface area contributed by atoms with Gasteiger partial charge in [0.25, 0.3) is 10.0 Å². The third-order valence-corrected chi connectivity index (χ3v) is 7.47. The van der Waals surface area contributed by atoms with Crippen LogP contribution in [-0.4, -0.2) is 41.6 Å². The third kappa shape index (κ3) is 6.33. The molecule has 3 aromatic carbocycles. The van der Waals surface area contributed by atoms with Crippen molar-refractivity contribution in [2.45, 2.75) is 31.6 Å². The Hall–Kier alpha value is -3.52. The van der Waals surface area contributed by atoms with E-state index < -0.39 is 15.9 Å². The summed E-state index contributed by atoms with van der Waals surface area (Å²) in [4.78, 5) is 13.0. The maximum absolute atomic E-state index is 13.8. The molecule has 1 amide bonds. The van der Waals surface area contributed by atoms with Crippen LogP contribution in [0.25, 0.3) is 0 Å². The fraction of sp³-hybridized carbons (Fsp3) is 0.296. The Bertz CT molecular complexity index is 1260.